The Kier molecular flexibility index (Phi) is 3.68. The van der Waals surface area contributed by atoms with Crippen molar-refractivity contribution in [2.24, 2.45) is 11.1 Å². The minimum atomic E-state index is -0.811. The topological polar surface area (TPSA) is 69.4 Å². The van der Waals surface area contributed by atoms with Gasteiger partial charge in [0.25, 0.3) is 0 Å². The molecule has 2 N–H and O–H groups in total. The van der Waals surface area contributed by atoms with Crippen molar-refractivity contribution in [3.63, 3.8) is 0 Å². The lowest BCUT2D eigenvalue weighted by Crippen LogP contribution is -2.38. The Labute approximate surface area is 84.8 Å². The van der Waals surface area contributed by atoms with Crippen molar-refractivity contribution in [3.05, 3.63) is 0 Å². The summed E-state index contributed by atoms with van der Waals surface area (Å²) in [4.78, 5) is 21.8. The number of ether oxygens (including phenoxy) is 1. The molecule has 0 aromatic heterocycles. The second kappa shape index (κ2) is 3.98. The van der Waals surface area contributed by atoms with Crippen LogP contribution in [0.4, 0.5) is 4.79 Å². The van der Waals surface area contributed by atoms with Crippen LogP contribution in [-0.2, 0) is 9.53 Å². The molecule has 0 spiro atoms. The molecule has 0 aliphatic rings. The van der Waals surface area contributed by atoms with E-state index < -0.39 is 17.1 Å². The first-order chi connectivity index (χ1) is 6.07. The van der Waals surface area contributed by atoms with Crippen molar-refractivity contribution in [2.45, 2.75) is 46.6 Å². The highest BCUT2D eigenvalue weighted by atomic mass is 16.6. The van der Waals surface area contributed by atoms with Gasteiger partial charge in [0, 0.05) is 5.41 Å². The second-order valence-electron chi connectivity index (χ2n) is 4.80. The fraction of sp³-hybridized carbons (Fsp3) is 0.800. The zero-order chi connectivity index (χ0) is 11.6. The van der Waals surface area contributed by atoms with Crippen LogP contribution in [0.3, 0.4) is 0 Å². The highest BCUT2D eigenvalue weighted by molar-refractivity contribution is 5.81. The monoisotopic (exact) mass is 201 g/mol. The van der Waals surface area contributed by atoms with E-state index in [1.54, 1.807) is 13.8 Å². The molecule has 0 atom stereocenters. The number of hydrogen-bond acceptors (Lipinski definition) is 3. The summed E-state index contributed by atoms with van der Waals surface area (Å²) in [6, 6.07) is 0. The fourth-order valence-corrected chi connectivity index (χ4v) is 1.50. The van der Waals surface area contributed by atoms with Gasteiger partial charge in [0.1, 0.15) is 11.4 Å². The standard InChI is InChI=1S/C10H19NO3/c1-7(12)9(2,3)6-10(4,5)14-8(11)13/h6H2,1-5H3,(H2,11,13). The van der Waals surface area contributed by atoms with Crippen molar-refractivity contribution in [2.75, 3.05) is 0 Å². The van der Waals surface area contributed by atoms with Gasteiger partial charge in [0.05, 0.1) is 0 Å². The van der Waals surface area contributed by atoms with Crippen molar-refractivity contribution >= 4 is 11.9 Å². The van der Waals surface area contributed by atoms with Crippen LogP contribution in [0.25, 0.3) is 0 Å². The Hall–Kier alpha value is -1.06. The summed E-state index contributed by atoms with van der Waals surface area (Å²) in [6.07, 6.45) is -0.354. The first-order valence-electron chi connectivity index (χ1n) is 4.56. The minimum Gasteiger partial charge on any atom is -0.444 e. The summed E-state index contributed by atoms with van der Waals surface area (Å²) in [5.41, 5.74) is 3.72. The average Bonchev–Trinajstić information content (AvgIpc) is 1.79. The van der Waals surface area contributed by atoms with E-state index in [0.717, 1.165) is 0 Å². The van der Waals surface area contributed by atoms with Gasteiger partial charge in [-0.2, -0.15) is 0 Å². The molecular weight excluding hydrogens is 182 g/mol. The largest absolute Gasteiger partial charge is 0.444 e. The molecule has 0 aromatic rings. The summed E-state index contributed by atoms with van der Waals surface area (Å²) >= 11 is 0. The average molecular weight is 201 g/mol. The normalized spacial score (nSPS) is 12.4. The maximum Gasteiger partial charge on any atom is 0.405 e. The minimum absolute atomic E-state index is 0.0682. The molecule has 0 saturated carbocycles. The summed E-state index contributed by atoms with van der Waals surface area (Å²) in [5.74, 6) is 0.0682. The molecule has 0 aliphatic heterocycles. The predicted molar refractivity (Wildman–Crippen MR) is 53.8 cm³/mol. The van der Waals surface area contributed by atoms with E-state index >= 15 is 0 Å². The molecule has 0 radical (unpaired) electrons. The fourth-order valence-electron chi connectivity index (χ4n) is 1.50. The lowest BCUT2D eigenvalue weighted by molar-refractivity contribution is -0.127. The van der Waals surface area contributed by atoms with Crippen LogP contribution in [-0.4, -0.2) is 17.5 Å². The summed E-state index contributed by atoms with van der Waals surface area (Å²) in [7, 11) is 0. The number of nitrogens with two attached hydrogens (primary N) is 1. The van der Waals surface area contributed by atoms with Gasteiger partial charge in [-0.25, -0.2) is 4.79 Å². The van der Waals surface area contributed by atoms with E-state index in [2.05, 4.69) is 0 Å². The van der Waals surface area contributed by atoms with Crippen LogP contribution in [0.15, 0.2) is 0 Å². The molecule has 0 rings (SSSR count). The van der Waals surface area contributed by atoms with Gasteiger partial charge in [0.15, 0.2) is 0 Å². The van der Waals surface area contributed by atoms with Gasteiger partial charge >= 0.3 is 6.09 Å². The molecule has 0 heterocycles. The predicted octanol–water partition coefficient (Wildman–Crippen LogP) is 1.87. The molecule has 0 unspecified atom stereocenters. The molecule has 0 aliphatic carbocycles. The molecule has 14 heavy (non-hydrogen) atoms. The number of primary amides is 1. The lowest BCUT2D eigenvalue weighted by atomic mass is 9.79. The third kappa shape index (κ3) is 4.25. The first kappa shape index (κ1) is 12.9. The molecule has 4 heteroatoms. The Morgan fingerprint density at radius 2 is 1.64 bits per heavy atom. The van der Waals surface area contributed by atoms with E-state index in [-0.39, 0.29) is 5.78 Å². The van der Waals surface area contributed by atoms with Crippen LogP contribution in [0, 0.1) is 5.41 Å². The first-order valence-corrected chi connectivity index (χ1v) is 4.56. The van der Waals surface area contributed by atoms with E-state index in [4.69, 9.17) is 10.5 Å². The Morgan fingerprint density at radius 3 is 1.93 bits per heavy atom. The Morgan fingerprint density at radius 1 is 1.21 bits per heavy atom. The third-order valence-electron chi connectivity index (χ3n) is 2.20. The van der Waals surface area contributed by atoms with E-state index in [0.29, 0.717) is 6.42 Å². The van der Waals surface area contributed by atoms with Gasteiger partial charge in [-0.05, 0) is 27.2 Å². The maximum absolute atomic E-state index is 11.3. The lowest BCUT2D eigenvalue weighted by Gasteiger charge is -2.32. The molecule has 0 fully saturated rings. The van der Waals surface area contributed by atoms with Crippen LogP contribution in [0.2, 0.25) is 0 Å². The highest BCUT2D eigenvalue weighted by Crippen LogP contribution is 2.30. The number of amides is 1. The number of carbonyl (C=O) groups excluding carboxylic acids is 2. The van der Waals surface area contributed by atoms with Crippen molar-refractivity contribution < 1.29 is 14.3 Å². The summed E-state index contributed by atoms with van der Waals surface area (Å²) in [5, 5.41) is 0. The quantitative estimate of drug-likeness (QED) is 0.754. The number of carbonyl (C=O) groups is 2. The van der Waals surface area contributed by atoms with Crippen LogP contribution in [0.1, 0.15) is 41.0 Å². The van der Waals surface area contributed by atoms with Crippen molar-refractivity contribution in [3.8, 4) is 0 Å². The highest BCUT2D eigenvalue weighted by Gasteiger charge is 2.34. The SMILES string of the molecule is CC(=O)C(C)(C)CC(C)(C)OC(N)=O. The van der Waals surface area contributed by atoms with Crippen molar-refractivity contribution in [1.29, 1.82) is 0 Å². The Bertz CT molecular complexity index is 244. The van der Waals surface area contributed by atoms with Gasteiger partial charge in [-0.15, -0.1) is 0 Å². The van der Waals surface area contributed by atoms with E-state index in [1.807, 2.05) is 13.8 Å². The molecule has 0 saturated heterocycles. The molecule has 4 nitrogen and oxygen atoms in total. The zero-order valence-electron chi connectivity index (χ0n) is 9.51. The van der Waals surface area contributed by atoms with Crippen LogP contribution in [0.5, 0.6) is 0 Å². The van der Waals surface area contributed by atoms with E-state index in [1.165, 1.54) is 6.92 Å². The van der Waals surface area contributed by atoms with Crippen LogP contribution >= 0.6 is 0 Å². The molecule has 0 bridgehead atoms. The number of ketones is 1. The van der Waals surface area contributed by atoms with Gasteiger partial charge in [0.2, 0.25) is 0 Å². The molecular formula is C10H19NO3. The molecule has 0 aromatic carbocycles. The molecule has 82 valence electrons. The van der Waals surface area contributed by atoms with Crippen LogP contribution < -0.4 is 5.73 Å². The summed E-state index contributed by atoms with van der Waals surface area (Å²) < 4.78 is 4.91. The summed E-state index contributed by atoms with van der Waals surface area (Å²) in [6.45, 7) is 8.65. The zero-order valence-corrected chi connectivity index (χ0v) is 9.51. The van der Waals surface area contributed by atoms with Crippen molar-refractivity contribution in [1.82, 2.24) is 0 Å². The number of Topliss-reactive ketones (excluding diaryl/α,β-unsaturated/α-hetero) is 1. The maximum atomic E-state index is 11.3. The van der Waals surface area contributed by atoms with Gasteiger partial charge in [-0.1, -0.05) is 13.8 Å². The van der Waals surface area contributed by atoms with E-state index in [9.17, 15) is 9.59 Å². The number of hydrogen-bond donors (Lipinski definition) is 1. The molecule has 1 amide bonds. The number of rotatable bonds is 4. The second-order valence-corrected chi connectivity index (χ2v) is 4.80. The third-order valence-corrected chi connectivity index (χ3v) is 2.20. The van der Waals surface area contributed by atoms with Gasteiger partial charge in [-0.3, -0.25) is 4.79 Å². The Balaban J connectivity index is 4.49. The van der Waals surface area contributed by atoms with Gasteiger partial charge < -0.3 is 10.5 Å². The smallest absolute Gasteiger partial charge is 0.405 e.